The van der Waals surface area contributed by atoms with Crippen LogP contribution in [0.3, 0.4) is 0 Å². The van der Waals surface area contributed by atoms with Gasteiger partial charge >= 0.3 is 35.8 Å². The minimum atomic E-state index is -1.49. The van der Waals surface area contributed by atoms with E-state index < -0.39 is 95.1 Å². The van der Waals surface area contributed by atoms with Crippen LogP contribution in [0, 0.1) is 22.7 Å². The highest BCUT2D eigenvalue weighted by atomic mass is 16.6. The first-order chi connectivity index (χ1) is 23.8. The Kier molecular flexibility index (Phi) is 11.7. The van der Waals surface area contributed by atoms with Gasteiger partial charge in [-0.2, -0.15) is 0 Å². The number of rotatable bonds is 8. The van der Waals surface area contributed by atoms with E-state index in [0.717, 1.165) is 5.56 Å². The highest BCUT2D eigenvalue weighted by molar-refractivity contribution is 5.87. The lowest BCUT2D eigenvalue weighted by Crippen LogP contribution is -2.68. The summed E-state index contributed by atoms with van der Waals surface area (Å²) < 4.78 is 36.2. The molecule has 0 unspecified atom stereocenters. The van der Waals surface area contributed by atoms with Gasteiger partial charge in [-0.25, -0.2) is 4.79 Å². The molecule has 2 bridgehead atoms. The summed E-state index contributed by atoms with van der Waals surface area (Å²) in [4.78, 5) is 77.4. The maximum atomic E-state index is 13.3. The molecule has 3 aliphatic rings. The summed E-state index contributed by atoms with van der Waals surface area (Å²) in [7, 11) is 0. The number of fused-ring (bicyclic) bond motifs is 3. The molecule has 4 rings (SSSR count). The third kappa shape index (κ3) is 8.10. The average Bonchev–Trinajstić information content (AvgIpc) is 3.01. The molecule has 276 valence electrons. The zero-order valence-electron chi connectivity index (χ0n) is 30.7. The molecule has 0 radical (unpaired) electrons. The number of hydrogen-bond donors (Lipinski definition) is 0. The number of carbonyl (C=O) groups excluding carboxylic acids is 6. The van der Waals surface area contributed by atoms with Crippen LogP contribution < -0.4 is 0 Å². The number of hydrogen-bond acceptors (Lipinski definition) is 12. The molecule has 0 saturated heterocycles. The van der Waals surface area contributed by atoms with E-state index in [9.17, 15) is 28.8 Å². The molecule has 2 fully saturated rings. The molecular weight excluding hydrogens is 660 g/mol. The molecule has 0 aromatic heterocycles. The van der Waals surface area contributed by atoms with Crippen molar-refractivity contribution in [3.8, 4) is 0 Å². The maximum Gasteiger partial charge on any atom is 0.331 e. The Hall–Kier alpha value is -4.74. The molecule has 2 saturated carbocycles. The van der Waals surface area contributed by atoms with Crippen molar-refractivity contribution < 1.29 is 57.2 Å². The van der Waals surface area contributed by atoms with Crippen LogP contribution in [0.25, 0.3) is 6.08 Å². The number of carbonyl (C=O) groups is 6. The second-order valence-corrected chi connectivity index (χ2v) is 14.3. The van der Waals surface area contributed by atoms with Gasteiger partial charge in [0.2, 0.25) is 0 Å². The average molecular weight is 709 g/mol. The molecule has 0 aliphatic heterocycles. The Balaban J connectivity index is 2.02. The van der Waals surface area contributed by atoms with E-state index in [-0.39, 0.29) is 12.8 Å². The highest BCUT2D eigenvalue weighted by Gasteiger charge is 2.68. The fraction of sp³-hybridized carbons (Fsp3) is 0.538. The van der Waals surface area contributed by atoms with E-state index in [0.29, 0.717) is 16.7 Å². The molecule has 1 aromatic rings. The quantitative estimate of drug-likeness (QED) is 0.150. The number of benzene rings is 1. The minimum Gasteiger partial charge on any atom is -0.462 e. The predicted molar refractivity (Wildman–Crippen MR) is 183 cm³/mol. The highest BCUT2D eigenvalue weighted by Crippen LogP contribution is 2.61. The molecule has 0 N–H and O–H groups in total. The monoisotopic (exact) mass is 708 g/mol. The van der Waals surface area contributed by atoms with Crippen molar-refractivity contribution in [2.24, 2.45) is 22.7 Å². The van der Waals surface area contributed by atoms with Gasteiger partial charge in [0.25, 0.3) is 0 Å². The summed E-state index contributed by atoms with van der Waals surface area (Å²) >= 11 is 0. The molecule has 51 heavy (non-hydrogen) atoms. The van der Waals surface area contributed by atoms with Crippen molar-refractivity contribution in [3.63, 3.8) is 0 Å². The number of ether oxygens (including phenoxy) is 6. The Bertz CT molecular complexity index is 1640. The van der Waals surface area contributed by atoms with E-state index in [1.54, 1.807) is 19.9 Å². The Labute approximate surface area is 298 Å². The van der Waals surface area contributed by atoms with Crippen LogP contribution in [0.5, 0.6) is 0 Å². The minimum absolute atomic E-state index is 0.101. The zero-order chi connectivity index (χ0) is 38.0. The van der Waals surface area contributed by atoms with E-state index in [2.05, 4.69) is 6.58 Å². The van der Waals surface area contributed by atoms with Gasteiger partial charge in [-0.3, -0.25) is 24.0 Å². The summed E-state index contributed by atoms with van der Waals surface area (Å²) in [5, 5.41) is 0. The van der Waals surface area contributed by atoms with Crippen LogP contribution in [0.1, 0.15) is 80.7 Å². The summed E-state index contributed by atoms with van der Waals surface area (Å²) in [6.45, 7) is 17.8. The first kappa shape index (κ1) is 39.1. The summed E-state index contributed by atoms with van der Waals surface area (Å²) in [6, 6.07) is 9.13. The molecule has 12 nitrogen and oxygen atoms in total. The van der Waals surface area contributed by atoms with Crippen LogP contribution in [0.15, 0.2) is 59.7 Å². The molecule has 12 heteroatoms. The Morgan fingerprint density at radius 3 is 1.84 bits per heavy atom. The second-order valence-electron chi connectivity index (χ2n) is 14.3. The van der Waals surface area contributed by atoms with Crippen LogP contribution in [0.4, 0.5) is 0 Å². The Morgan fingerprint density at radius 2 is 1.29 bits per heavy atom. The fourth-order valence-corrected chi connectivity index (χ4v) is 8.51. The molecule has 1 aromatic carbocycles. The predicted octanol–water partition coefficient (Wildman–Crippen LogP) is 5.23. The summed E-state index contributed by atoms with van der Waals surface area (Å²) in [5.74, 6) is -5.65. The lowest BCUT2D eigenvalue weighted by Gasteiger charge is -2.61. The molecule has 0 amide bonds. The first-order valence-corrected chi connectivity index (χ1v) is 17.0. The van der Waals surface area contributed by atoms with Crippen molar-refractivity contribution in [2.45, 2.75) is 112 Å². The SMILES string of the molecule is C=C1[C@@H](OC(=O)C=Cc2ccccc2)C[C@H](OC(C)=O)[C@@]2(C)[C@@H](OC(C)=O)[C@H](OC(C)=O)C3=C(C)[C@@H](OC(C)=O)C[C@@H]([C@@H](OC(C)=O)[C@H]12)C3(C)C. The topological polar surface area (TPSA) is 158 Å². The number of esters is 6. The summed E-state index contributed by atoms with van der Waals surface area (Å²) in [6.07, 6.45) is -3.79. The van der Waals surface area contributed by atoms with Gasteiger partial charge < -0.3 is 28.4 Å². The van der Waals surface area contributed by atoms with Crippen LogP contribution in [0.2, 0.25) is 0 Å². The van der Waals surface area contributed by atoms with E-state index in [4.69, 9.17) is 28.4 Å². The largest absolute Gasteiger partial charge is 0.462 e. The smallest absolute Gasteiger partial charge is 0.331 e. The normalized spacial score (nSPS) is 31.3. The molecule has 9 atom stereocenters. The molecule has 0 spiro atoms. The van der Waals surface area contributed by atoms with Crippen LogP contribution in [-0.2, 0) is 57.2 Å². The van der Waals surface area contributed by atoms with Gasteiger partial charge in [-0.15, -0.1) is 0 Å². The standard InChI is InChI=1S/C39H48O12/c1-20-29(46-22(3)40)18-28-35(48-24(5)42)34-21(2)30(51-32(45)17-16-27-14-12-11-13-15-27)19-31(47-23(4)41)39(34,10)37(50-26(7)44)36(49-25(6)43)33(20)38(28,8)9/h11-17,28-31,34-37H,2,18-19H2,1,3-10H3/t28-,29-,30-,31-,34-,35+,36+,37-,39+/m0/s1. The maximum absolute atomic E-state index is 13.3. The van der Waals surface area contributed by atoms with Crippen molar-refractivity contribution in [1.29, 1.82) is 0 Å². The van der Waals surface area contributed by atoms with E-state index in [1.165, 1.54) is 40.7 Å². The van der Waals surface area contributed by atoms with Crippen molar-refractivity contribution in [1.82, 2.24) is 0 Å². The van der Waals surface area contributed by atoms with Gasteiger partial charge in [0.1, 0.15) is 24.4 Å². The van der Waals surface area contributed by atoms with Gasteiger partial charge in [0.15, 0.2) is 12.2 Å². The van der Waals surface area contributed by atoms with Gasteiger partial charge in [0.05, 0.1) is 5.41 Å². The van der Waals surface area contributed by atoms with Gasteiger partial charge in [-0.1, -0.05) is 57.7 Å². The van der Waals surface area contributed by atoms with Crippen LogP contribution in [-0.4, -0.2) is 72.4 Å². The molecule has 3 aliphatic carbocycles. The third-order valence-corrected chi connectivity index (χ3v) is 10.5. The fourth-order valence-electron chi connectivity index (χ4n) is 8.51. The lowest BCUT2D eigenvalue weighted by atomic mass is 9.48. The van der Waals surface area contributed by atoms with Crippen molar-refractivity contribution in [2.75, 3.05) is 0 Å². The van der Waals surface area contributed by atoms with Crippen LogP contribution >= 0.6 is 0 Å². The van der Waals surface area contributed by atoms with Gasteiger partial charge in [0, 0.05) is 59.0 Å². The third-order valence-electron chi connectivity index (χ3n) is 10.5. The second kappa shape index (κ2) is 15.2. The van der Waals surface area contributed by atoms with E-state index >= 15 is 0 Å². The van der Waals surface area contributed by atoms with E-state index in [1.807, 2.05) is 44.2 Å². The lowest BCUT2D eigenvalue weighted by molar-refractivity contribution is -0.230. The van der Waals surface area contributed by atoms with Gasteiger partial charge in [-0.05, 0) is 47.1 Å². The zero-order valence-corrected chi connectivity index (χ0v) is 30.7. The first-order valence-electron chi connectivity index (χ1n) is 17.0. The molecular formula is C39H48O12. The van der Waals surface area contributed by atoms with Crippen molar-refractivity contribution >= 4 is 41.9 Å². The summed E-state index contributed by atoms with van der Waals surface area (Å²) in [5.41, 5.74) is -0.281. The Morgan fingerprint density at radius 1 is 0.725 bits per heavy atom. The van der Waals surface area contributed by atoms with Crippen molar-refractivity contribution in [3.05, 3.63) is 65.3 Å². The molecule has 0 heterocycles.